The van der Waals surface area contributed by atoms with Crippen molar-refractivity contribution in [1.29, 1.82) is 0 Å². The van der Waals surface area contributed by atoms with E-state index in [4.69, 9.17) is 14.2 Å². The average molecular weight is 692 g/mol. The SMILES string of the molecule is COc1c(-c2nn[nH]n2)cccc1[N+](=O)[O-].COc1c(-c2nnn(C)n2)cccc1[N+](=O)[O-].COc1c(-c2nnnn2C)cccc1[N+](=O)[O-]. The van der Waals surface area contributed by atoms with Crippen LogP contribution in [0.4, 0.5) is 17.1 Å². The van der Waals surface area contributed by atoms with Crippen molar-refractivity contribution >= 4 is 17.1 Å². The molecule has 3 heterocycles. The minimum absolute atomic E-state index is 0.118. The highest BCUT2D eigenvalue weighted by Crippen LogP contribution is 2.37. The largest absolute Gasteiger partial charge is 0.490 e. The molecule has 3 aromatic carbocycles. The molecule has 0 aliphatic carbocycles. The van der Waals surface area contributed by atoms with Gasteiger partial charge >= 0.3 is 17.1 Å². The van der Waals surface area contributed by atoms with E-state index in [-0.39, 0.29) is 46.0 Å². The Bertz CT molecular complexity index is 2120. The van der Waals surface area contributed by atoms with Crippen molar-refractivity contribution in [1.82, 2.24) is 61.0 Å². The summed E-state index contributed by atoms with van der Waals surface area (Å²) in [6, 6.07) is 13.6. The van der Waals surface area contributed by atoms with Gasteiger partial charge in [-0.2, -0.15) is 10.0 Å². The van der Waals surface area contributed by atoms with Crippen molar-refractivity contribution < 1.29 is 29.0 Å². The molecule has 0 aliphatic heterocycles. The minimum atomic E-state index is -0.525. The third-order valence-electron chi connectivity index (χ3n) is 6.38. The summed E-state index contributed by atoms with van der Waals surface area (Å²) in [5, 5.41) is 68.0. The molecule has 24 nitrogen and oxygen atoms in total. The van der Waals surface area contributed by atoms with Crippen LogP contribution in [0.25, 0.3) is 34.2 Å². The van der Waals surface area contributed by atoms with Gasteiger partial charge in [0.2, 0.25) is 28.9 Å². The summed E-state index contributed by atoms with van der Waals surface area (Å²) >= 11 is 0. The number of hydrogen-bond acceptors (Lipinski definition) is 18. The highest BCUT2D eigenvalue weighted by Gasteiger charge is 2.23. The quantitative estimate of drug-likeness (QED) is 0.168. The maximum absolute atomic E-state index is 10.9. The van der Waals surface area contributed by atoms with Gasteiger partial charge in [-0.25, -0.2) is 4.68 Å². The van der Waals surface area contributed by atoms with Crippen molar-refractivity contribution in [3.8, 4) is 51.4 Å². The number of aryl methyl sites for hydroxylation is 2. The lowest BCUT2D eigenvalue weighted by molar-refractivity contribution is -0.385. The lowest BCUT2D eigenvalue weighted by Crippen LogP contribution is -1.99. The van der Waals surface area contributed by atoms with Crippen LogP contribution in [0, 0.1) is 30.3 Å². The number of nitro groups is 3. The smallest absolute Gasteiger partial charge is 0.311 e. The zero-order valence-electron chi connectivity index (χ0n) is 26.6. The second kappa shape index (κ2) is 15.8. The predicted molar refractivity (Wildman–Crippen MR) is 168 cm³/mol. The Morgan fingerprint density at radius 2 is 1.12 bits per heavy atom. The molecule has 6 rings (SSSR count). The van der Waals surface area contributed by atoms with Gasteiger partial charge in [0.05, 0.1) is 59.8 Å². The third-order valence-corrected chi connectivity index (χ3v) is 6.38. The fraction of sp³-hybridized carbons (Fsp3) is 0.192. The molecular formula is C26H25N15O9. The second-order valence-corrected chi connectivity index (χ2v) is 9.31. The number of nitro benzene ring substituents is 3. The normalized spacial score (nSPS) is 10.2. The van der Waals surface area contributed by atoms with E-state index in [2.05, 4.69) is 51.6 Å². The van der Waals surface area contributed by atoms with Crippen molar-refractivity contribution in [3.63, 3.8) is 0 Å². The number of aromatic nitrogens is 12. The monoisotopic (exact) mass is 691 g/mol. The molecule has 6 aromatic rings. The van der Waals surface area contributed by atoms with Gasteiger partial charge in [0.1, 0.15) is 0 Å². The van der Waals surface area contributed by atoms with Crippen molar-refractivity contribution in [3.05, 3.63) is 84.9 Å². The molecule has 0 unspecified atom stereocenters. The molecule has 0 spiro atoms. The third kappa shape index (κ3) is 7.70. The van der Waals surface area contributed by atoms with Crippen molar-refractivity contribution in [2.45, 2.75) is 0 Å². The summed E-state index contributed by atoms with van der Waals surface area (Å²) < 4.78 is 16.5. The predicted octanol–water partition coefficient (Wildman–Crippen LogP) is 2.37. The van der Waals surface area contributed by atoms with Gasteiger partial charge in [-0.3, -0.25) is 30.3 Å². The van der Waals surface area contributed by atoms with Gasteiger partial charge in [-0.1, -0.05) is 18.2 Å². The van der Waals surface area contributed by atoms with Gasteiger partial charge in [0, 0.05) is 25.2 Å². The van der Waals surface area contributed by atoms with Crippen LogP contribution in [-0.4, -0.2) is 97.1 Å². The van der Waals surface area contributed by atoms with E-state index in [1.54, 1.807) is 44.4 Å². The Kier molecular flexibility index (Phi) is 11.2. The van der Waals surface area contributed by atoms with E-state index in [9.17, 15) is 30.3 Å². The molecule has 0 fully saturated rings. The second-order valence-electron chi connectivity index (χ2n) is 9.31. The van der Waals surface area contributed by atoms with E-state index in [1.165, 1.54) is 55.1 Å². The van der Waals surface area contributed by atoms with Crippen LogP contribution in [0.15, 0.2) is 54.6 Å². The van der Waals surface area contributed by atoms with Crippen molar-refractivity contribution in [2.24, 2.45) is 14.1 Å². The molecule has 0 atom stereocenters. The number of para-hydroxylation sites is 3. The number of methoxy groups -OCH3 is 3. The van der Waals surface area contributed by atoms with Crippen LogP contribution in [-0.2, 0) is 14.1 Å². The first-order valence-corrected chi connectivity index (χ1v) is 13.7. The number of tetrazole rings is 3. The molecule has 3 aromatic heterocycles. The molecule has 258 valence electrons. The molecule has 0 saturated carbocycles. The summed E-state index contributed by atoms with van der Waals surface area (Å²) in [4.78, 5) is 32.2. The fourth-order valence-corrected chi connectivity index (χ4v) is 4.30. The molecule has 24 heteroatoms. The van der Waals surface area contributed by atoms with E-state index >= 15 is 0 Å². The minimum Gasteiger partial charge on any atom is -0.490 e. The number of aromatic amines is 1. The van der Waals surface area contributed by atoms with E-state index in [1.807, 2.05) is 0 Å². The van der Waals surface area contributed by atoms with Crippen LogP contribution in [0.3, 0.4) is 0 Å². The standard InChI is InChI=1S/2C9H9N5O3.C8H7N5O3/c1-13-9(10-11-12-13)6-4-3-5-7(14(15)16)8(6)17-2;1-13-11-9(10-12-13)6-4-3-5-7(14(15)16)8(6)17-2;1-16-7-5(8-9-11-12-10-8)3-2-4-6(7)13(14)15/h2*3-5H,1-2H3;2-4H,1H3,(H,9,10,11,12). The Morgan fingerprint density at radius 3 is 1.50 bits per heavy atom. The zero-order chi connectivity index (χ0) is 36.4. The van der Waals surface area contributed by atoms with Gasteiger partial charge in [0.15, 0.2) is 5.82 Å². The number of ether oxygens (including phenoxy) is 3. The van der Waals surface area contributed by atoms with Crippen LogP contribution in [0.2, 0.25) is 0 Å². The average Bonchev–Trinajstić information content (AvgIpc) is 3.90. The number of H-pyrrole nitrogens is 1. The highest BCUT2D eigenvalue weighted by molar-refractivity contribution is 5.72. The van der Waals surface area contributed by atoms with Gasteiger partial charge in [-0.15, -0.1) is 25.5 Å². The number of benzene rings is 3. The summed E-state index contributed by atoms with van der Waals surface area (Å²) in [5.74, 6) is 1.34. The highest BCUT2D eigenvalue weighted by atomic mass is 16.6. The Labute approximate surface area is 279 Å². The van der Waals surface area contributed by atoms with Gasteiger partial charge in [-0.05, 0) is 39.1 Å². The summed E-state index contributed by atoms with van der Waals surface area (Å²) in [6.45, 7) is 0. The summed E-state index contributed by atoms with van der Waals surface area (Å²) in [7, 11) is 7.34. The lowest BCUT2D eigenvalue weighted by atomic mass is 10.1. The van der Waals surface area contributed by atoms with Gasteiger partial charge < -0.3 is 14.2 Å². The molecule has 1 N–H and O–H groups in total. The molecular weight excluding hydrogens is 666 g/mol. The van der Waals surface area contributed by atoms with E-state index < -0.39 is 14.8 Å². The van der Waals surface area contributed by atoms with Crippen LogP contribution in [0.1, 0.15) is 0 Å². The fourth-order valence-electron chi connectivity index (χ4n) is 4.30. The maximum Gasteiger partial charge on any atom is 0.311 e. The topological polar surface area (TPSA) is 299 Å². The van der Waals surface area contributed by atoms with Crippen LogP contribution in [0.5, 0.6) is 17.2 Å². The van der Waals surface area contributed by atoms with E-state index in [0.29, 0.717) is 22.5 Å². The molecule has 0 radical (unpaired) electrons. The van der Waals surface area contributed by atoms with Gasteiger partial charge in [0.25, 0.3) is 0 Å². The Morgan fingerprint density at radius 1 is 0.640 bits per heavy atom. The zero-order valence-corrected chi connectivity index (χ0v) is 26.6. The van der Waals surface area contributed by atoms with Crippen LogP contribution >= 0.6 is 0 Å². The number of nitrogens with one attached hydrogen (secondary N) is 1. The Balaban J connectivity index is 0.000000169. The first-order chi connectivity index (χ1) is 24.0. The first kappa shape index (κ1) is 35.3. The maximum atomic E-state index is 10.9. The lowest BCUT2D eigenvalue weighted by Gasteiger charge is -2.06. The molecule has 0 aliphatic rings. The van der Waals surface area contributed by atoms with E-state index in [0.717, 1.165) is 0 Å². The number of hydrogen-bond donors (Lipinski definition) is 1. The first-order valence-electron chi connectivity index (χ1n) is 13.7. The molecule has 0 saturated heterocycles. The summed E-state index contributed by atoms with van der Waals surface area (Å²) in [6.07, 6.45) is 0. The Hall–Kier alpha value is -7.53. The van der Waals surface area contributed by atoms with Crippen molar-refractivity contribution in [2.75, 3.05) is 21.3 Å². The number of rotatable bonds is 9. The van der Waals surface area contributed by atoms with Crippen LogP contribution < -0.4 is 14.2 Å². The summed E-state index contributed by atoms with van der Waals surface area (Å²) in [5.41, 5.74) is 0.963. The molecule has 0 amide bonds. The number of nitrogens with zero attached hydrogens (tertiary/aromatic N) is 14. The molecule has 0 bridgehead atoms. The molecule has 50 heavy (non-hydrogen) atoms.